The van der Waals surface area contributed by atoms with Crippen LogP contribution < -0.4 is 0 Å². The van der Waals surface area contributed by atoms with E-state index in [1.165, 1.54) is 13.0 Å². The zero-order valence-electron chi connectivity index (χ0n) is 6.87. The first-order valence-electron chi connectivity index (χ1n) is 3.57. The molecule has 0 heterocycles. The van der Waals surface area contributed by atoms with Crippen LogP contribution in [-0.2, 0) is 0 Å². The molecular formula is C9H9F3. The molecule has 12 heavy (non-hydrogen) atoms. The molecule has 0 saturated carbocycles. The molecule has 0 aliphatic carbocycles. The molecule has 0 radical (unpaired) electrons. The molecule has 0 saturated heterocycles. The molecule has 66 valence electrons. The summed E-state index contributed by atoms with van der Waals surface area (Å²) in [5.74, 6) is -0.796. The van der Waals surface area contributed by atoms with Gasteiger partial charge >= 0.3 is 0 Å². The molecule has 0 aromatic heterocycles. The highest BCUT2D eigenvalue weighted by atomic mass is 19.3. The van der Waals surface area contributed by atoms with Gasteiger partial charge in [-0.2, -0.15) is 0 Å². The Morgan fingerprint density at radius 1 is 1.17 bits per heavy atom. The van der Waals surface area contributed by atoms with E-state index in [0.29, 0.717) is 5.56 Å². The summed E-state index contributed by atoms with van der Waals surface area (Å²) in [5, 5.41) is 0. The molecule has 0 amide bonds. The molecule has 0 bridgehead atoms. The Morgan fingerprint density at radius 2 is 1.75 bits per heavy atom. The second kappa shape index (κ2) is 3.17. The molecule has 1 aromatic rings. The van der Waals surface area contributed by atoms with Crippen molar-refractivity contribution in [2.24, 2.45) is 0 Å². The Morgan fingerprint density at radius 3 is 2.25 bits per heavy atom. The van der Waals surface area contributed by atoms with Crippen molar-refractivity contribution in [1.82, 2.24) is 0 Å². The van der Waals surface area contributed by atoms with Crippen molar-refractivity contribution in [2.45, 2.75) is 20.3 Å². The number of hydrogen-bond acceptors (Lipinski definition) is 0. The second-order valence-electron chi connectivity index (χ2n) is 2.79. The highest BCUT2D eigenvalue weighted by Crippen LogP contribution is 2.25. The van der Waals surface area contributed by atoms with Crippen LogP contribution in [0.4, 0.5) is 13.2 Å². The Balaban J connectivity index is 3.28. The molecule has 0 spiro atoms. The number of halogens is 3. The van der Waals surface area contributed by atoms with Crippen molar-refractivity contribution in [3.05, 3.63) is 34.6 Å². The van der Waals surface area contributed by atoms with Gasteiger partial charge in [0.2, 0.25) is 0 Å². The maximum Gasteiger partial charge on any atom is 0.266 e. The van der Waals surface area contributed by atoms with E-state index in [2.05, 4.69) is 0 Å². The Labute approximate surface area is 69.0 Å². The highest BCUT2D eigenvalue weighted by Gasteiger charge is 2.14. The van der Waals surface area contributed by atoms with Crippen LogP contribution >= 0.6 is 0 Å². The van der Waals surface area contributed by atoms with E-state index in [-0.39, 0.29) is 5.56 Å². The lowest BCUT2D eigenvalue weighted by atomic mass is 10.1. The van der Waals surface area contributed by atoms with Crippen LogP contribution in [0, 0.1) is 19.7 Å². The zero-order valence-corrected chi connectivity index (χ0v) is 6.87. The fraction of sp³-hybridized carbons (Fsp3) is 0.333. The van der Waals surface area contributed by atoms with Crippen LogP contribution in [0.5, 0.6) is 0 Å². The zero-order chi connectivity index (χ0) is 9.30. The number of aryl methyl sites for hydroxylation is 2. The van der Waals surface area contributed by atoms with Crippen molar-refractivity contribution in [3.8, 4) is 0 Å². The van der Waals surface area contributed by atoms with Crippen molar-refractivity contribution >= 4 is 0 Å². The first kappa shape index (κ1) is 9.10. The average Bonchev–Trinajstić information content (AvgIpc) is 1.96. The van der Waals surface area contributed by atoms with Crippen molar-refractivity contribution in [3.63, 3.8) is 0 Å². The van der Waals surface area contributed by atoms with Crippen molar-refractivity contribution in [1.29, 1.82) is 0 Å². The summed E-state index contributed by atoms with van der Waals surface area (Å²) in [6.07, 6.45) is -2.73. The van der Waals surface area contributed by atoms with E-state index in [9.17, 15) is 13.2 Å². The molecule has 1 rings (SSSR count). The summed E-state index contributed by atoms with van der Waals surface area (Å²) in [4.78, 5) is 0. The van der Waals surface area contributed by atoms with Gasteiger partial charge in [-0.3, -0.25) is 0 Å². The summed E-state index contributed by atoms with van der Waals surface area (Å²) in [7, 11) is 0. The first-order chi connectivity index (χ1) is 5.52. The van der Waals surface area contributed by atoms with Gasteiger partial charge in [0.05, 0.1) is 5.56 Å². The van der Waals surface area contributed by atoms with E-state index in [0.717, 1.165) is 0 Å². The lowest BCUT2D eigenvalue weighted by Crippen LogP contribution is -1.94. The standard InChI is InChI=1S/C9H9F3/c1-5-3-6(2)8(10)7(4-5)9(11)12/h3-4,9H,1-2H3. The number of benzene rings is 1. The lowest BCUT2D eigenvalue weighted by Gasteiger charge is -2.05. The first-order valence-corrected chi connectivity index (χ1v) is 3.57. The topological polar surface area (TPSA) is 0 Å². The third kappa shape index (κ3) is 1.60. The third-order valence-electron chi connectivity index (χ3n) is 1.66. The maximum atomic E-state index is 13.0. The molecule has 0 aliphatic heterocycles. The van der Waals surface area contributed by atoms with Crippen LogP contribution in [0.15, 0.2) is 12.1 Å². The smallest absolute Gasteiger partial charge is 0.206 e. The normalized spacial score (nSPS) is 10.8. The van der Waals surface area contributed by atoms with E-state index in [4.69, 9.17) is 0 Å². The minimum absolute atomic E-state index is 0.269. The van der Waals surface area contributed by atoms with Gasteiger partial charge in [0.1, 0.15) is 5.82 Å². The van der Waals surface area contributed by atoms with Crippen molar-refractivity contribution < 1.29 is 13.2 Å². The van der Waals surface area contributed by atoms with E-state index < -0.39 is 17.8 Å². The van der Waals surface area contributed by atoms with Gasteiger partial charge in [0.15, 0.2) is 0 Å². The van der Waals surface area contributed by atoms with Gasteiger partial charge in [-0.1, -0.05) is 11.6 Å². The molecule has 0 N–H and O–H groups in total. The fourth-order valence-electron chi connectivity index (χ4n) is 1.14. The quantitative estimate of drug-likeness (QED) is 0.612. The largest absolute Gasteiger partial charge is 0.266 e. The highest BCUT2D eigenvalue weighted by molar-refractivity contribution is 5.31. The molecule has 0 unspecified atom stereocenters. The predicted molar refractivity (Wildman–Crippen MR) is 40.8 cm³/mol. The van der Waals surface area contributed by atoms with E-state index in [1.54, 1.807) is 13.0 Å². The van der Waals surface area contributed by atoms with Crippen molar-refractivity contribution in [2.75, 3.05) is 0 Å². The van der Waals surface area contributed by atoms with Gasteiger partial charge in [-0.25, -0.2) is 13.2 Å². The summed E-state index contributed by atoms with van der Waals surface area (Å²) in [5.41, 5.74) is 0.419. The summed E-state index contributed by atoms with van der Waals surface area (Å²) >= 11 is 0. The van der Waals surface area contributed by atoms with Gasteiger partial charge in [0, 0.05) is 0 Å². The van der Waals surface area contributed by atoms with Gasteiger partial charge in [0.25, 0.3) is 6.43 Å². The minimum Gasteiger partial charge on any atom is -0.206 e. The minimum atomic E-state index is -2.73. The third-order valence-corrected chi connectivity index (χ3v) is 1.66. The molecule has 0 aliphatic rings. The molecule has 1 aromatic carbocycles. The summed E-state index contributed by atoms with van der Waals surface area (Å²) < 4.78 is 37.2. The van der Waals surface area contributed by atoms with Gasteiger partial charge < -0.3 is 0 Å². The van der Waals surface area contributed by atoms with Gasteiger partial charge in [-0.15, -0.1) is 0 Å². The predicted octanol–water partition coefficient (Wildman–Crippen LogP) is 3.38. The summed E-state index contributed by atoms with van der Waals surface area (Å²) in [6.45, 7) is 3.15. The Bertz CT molecular complexity index is 292. The van der Waals surface area contributed by atoms with Crippen LogP contribution in [0.2, 0.25) is 0 Å². The molecule has 0 fully saturated rings. The van der Waals surface area contributed by atoms with Crippen LogP contribution in [0.1, 0.15) is 23.1 Å². The Hall–Kier alpha value is -0.990. The molecule has 0 nitrogen and oxygen atoms in total. The van der Waals surface area contributed by atoms with Gasteiger partial charge in [-0.05, 0) is 25.5 Å². The van der Waals surface area contributed by atoms with E-state index >= 15 is 0 Å². The maximum absolute atomic E-state index is 13.0. The number of alkyl halides is 2. The fourth-order valence-corrected chi connectivity index (χ4v) is 1.14. The lowest BCUT2D eigenvalue weighted by molar-refractivity contribution is 0.146. The van der Waals surface area contributed by atoms with Crippen LogP contribution in [0.25, 0.3) is 0 Å². The number of hydrogen-bond donors (Lipinski definition) is 0. The second-order valence-corrected chi connectivity index (χ2v) is 2.79. The molecule has 3 heteroatoms. The number of rotatable bonds is 1. The molecular weight excluding hydrogens is 165 g/mol. The Kier molecular flexibility index (Phi) is 2.40. The summed E-state index contributed by atoms with van der Waals surface area (Å²) in [6, 6.07) is 2.72. The monoisotopic (exact) mass is 174 g/mol. The van der Waals surface area contributed by atoms with Crippen LogP contribution in [-0.4, -0.2) is 0 Å². The molecule has 0 atom stereocenters. The average molecular weight is 174 g/mol. The van der Waals surface area contributed by atoms with E-state index in [1.807, 2.05) is 0 Å². The SMILES string of the molecule is Cc1cc(C)c(F)c(C(F)F)c1. The van der Waals surface area contributed by atoms with Crippen LogP contribution in [0.3, 0.4) is 0 Å².